The van der Waals surface area contributed by atoms with Crippen LogP contribution in [0.2, 0.25) is 0 Å². The molecule has 0 aliphatic rings. The van der Waals surface area contributed by atoms with Crippen molar-refractivity contribution < 1.29 is 9.90 Å². The van der Waals surface area contributed by atoms with Crippen LogP contribution in [-0.4, -0.2) is 21.4 Å². The molecule has 0 fully saturated rings. The minimum atomic E-state index is -0.0944. The summed E-state index contributed by atoms with van der Waals surface area (Å²) >= 11 is 0. The zero-order valence-corrected chi connectivity index (χ0v) is 8.71. The first-order valence-corrected chi connectivity index (χ1v) is 4.78. The molecule has 0 saturated heterocycles. The van der Waals surface area contributed by atoms with E-state index in [-0.39, 0.29) is 11.3 Å². The van der Waals surface area contributed by atoms with Crippen LogP contribution in [-0.2, 0) is 0 Å². The summed E-state index contributed by atoms with van der Waals surface area (Å²) in [4.78, 5) is 18.8. The fourth-order valence-electron chi connectivity index (χ4n) is 1.47. The molecule has 16 heavy (non-hydrogen) atoms. The van der Waals surface area contributed by atoms with Gasteiger partial charge >= 0.3 is 0 Å². The second-order valence-electron chi connectivity index (χ2n) is 3.40. The van der Waals surface area contributed by atoms with E-state index in [1.165, 1.54) is 12.3 Å². The van der Waals surface area contributed by atoms with Crippen LogP contribution >= 0.6 is 0 Å². The van der Waals surface area contributed by atoms with Crippen molar-refractivity contribution in [3.8, 4) is 17.0 Å². The van der Waals surface area contributed by atoms with Gasteiger partial charge in [0.05, 0.1) is 5.56 Å². The fraction of sp³-hybridized carbons (Fsp3) is 0.0833. The number of aromatic nitrogens is 2. The van der Waals surface area contributed by atoms with Crippen LogP contribution in [0.25, 0.3) is 11.3 Å². The summed E-state index contributed by atoms with van der Waals surface area (Å²) in [6, 6.07) is 5.01. The molecule has 4 nitrogen and oxygen atoms in total. The number of nitrogens with zero attached hydrogens (tertiary/aromatic N) is 2. The van der Waals surface area contributed by atoms with Crippen molar-refractivity contribution in [2.45, 2.75) is 6.92 Å². The average molecular weight is 214 g/mol. The third-order valence-electron chi connectivity index (χ3n) is 2.25. The lowest BCUT2D eigenvalue weighted by molar-refractivity contribution is 0.112. The predicted octanol–water partition coefficient (Wildman–Crippen LogP) is 1.97. The van der Waals surface area contributed by atoms with E-state index in [0.29, 0.717) is 12.0 Å². The summed E-state index contributed by atoms with van der Waals surface area (Å²) in [5.41, 5.74) is 2.21. The molecule has 0 aromatic carbocycles. The van der Waals surface area contributed by atoms with Gasteiger partial charge in [0.25, 0.3) is 0 Å². The second kappa shape index (κ2) is 4.10. The number of aldehydes is 1. The van der Waals surface area contributed by atoms with Gasteiger partial charge in [-0.2, -0.15) is 0 Å². The number of hydrogen-bond acceptors (Lipinski definition) is 4. The molecule has 0 aliphatic carbocycles. The quantitative estimate of drug-likeness (QED) is 0.776. The highest BCUT2D eigenvalue weighted by molar-refractivity contribution is 5.83. The first-order chi connectivity index (χ1) is 7.72. The summed E-state index contributed by atoms with van der Waals surface area (Å²) in [5, 5.41) is 9.82. The van der Waals surface area contributed by atoms with E-state index < -0.39 is 0 Å². The molecule has 0 amide bonds. The standard InChI is InChI=1S/C12H10N2O2/c1-8-6-9(2-4-13-8)11-12(16)10(7-15)3-5-14-11/h2-7,16H,1H3. The molecule has 0 atom stereocenters. The highest BCUT2D eigenvalue weighted by Crippen LogP contribution is 2.28. The summed E-state index contributed by atoms with van der Waals surface area (Å²) in [6.07, 6.45) is 3.74. The van der Waals surface area contributed by atoms with E-state index in [1.807, 2.05) is 6.92 Å². The van der Waals surface area contributed by atoms with Crippen molar-refractivity contribution in [3.63, 3.8) is 0 Å². The van der Waals surface area contributed by atoms with Gasteiger partial charge in [-0.15, -0.1) is 0 Å². The maximum atomic E-state index is 10.7. The van der Waals surface area contributed by atoms with Crippen LogP contribution < -0.4 is 0 Å². The third kappa shape index (κ3) is 1.77. The van der Waals surface area contributed by atoms with Crippen LogP contribution in [0.3, 0.4) is 0 Å². The Kier molecular flexibility index (Phi) is 2.64. The molecular weight excluding hydrogens is 204 g/mol. The number of carbonyl (C=O) groups excluding carboxylic acids is 1. The molecule has 0 radical (unpaired) electrons. The molecule has 1 N–H and O–H groups in total. The molecule has 2 aromatic heterocycles. The van der Waals surface area contributed by atoms with Crippen molar-refractivity contribution in [1.82, 2.24) is 9.97 Å². The molecular formula is C12H10N2O2. The molecule has 0 saturated carbocycles. The van der Waals surface area contributed by atoms with E-state index >= 15 is 0 Å². The first kappa shape index (κ1) is 10.3. The van der Waals surface area contributed by atoms with Crippen molar-refractivity contribution in [2.75, 3.05) is 0 Å². The lowest BCUT2D eigenvalue weighted by atomic mass is 10.1. The largest absolute Gasteiger partial charge is 0.505 e. The van der Waals surface area contributed by atoms with E-state index in [2.05, 4.69) is 9.97 Å². The van der Waals surface area contributed by atoms with Crippen LogP contribution in [0.1, 0.15) is 16.1 Å². The summed E-state index contributed by atoms with van der Waals surface area (Å²) < 4.78 is 0. The van der Waals surface area contributed by atoms with Crippen molar-refractivity contribution in [2.24, 2.45) is 0 Å². The van der Waals surface area contributed by atoms with Crippen molar-refractivity contribution in [1.29, 1.82) is 0 Å². The maximum absolute atomic E-state index is 10.7. The fourth-order valence-corrected chi connectivity index (χ4v) is 1.47. The second-order valence-corrected chi connectivity index (χ2v) is 3.40. The van der Waals surface area contributed by atoms with Crippen molar-refractivity contribution >= 4 is 6.29 Å². The van der Waals surface area contributed by atoms with E-state index in [9.17, 15) is 9.90 Å². The molecule has 2 rings (SSSR count). The van der Waals surface area contributed by atoms with Crippen LogP contribution in [0.15, 0.2) is 30.6 Å². The highest BCUT2D eigenvalue weighted by atomic mass is 16.3. The molecule has 80 valence electrons. The van der Waals surface area contributed by atoms with Gasteiger partial charge in [-0.05, 0) is 25.1 Å². The van der Waals surface area contributed by atoms with Gasteiger partial charge in [-0.1, -0.05) is 0 Å². The Bertz CT molecular complexity index is 538. The Morgan fingerprint density at radius 1 is 1.25 bits per heavy atom. The van der Waals surface area contributed by atoms with Gasteiger partial charge in [-0.25, -0.2) is 0 Å². The lowest BCUT2D eigenvalue weighted by Crippen LogP contribution is -1.90. The molecule has 0 bridgehead atoms. The van der Waals surface area contributed by atoms with Crippen LogP contribution in [0, 0.1) is 6.92 Å². The summed E-state index contributed by atoms with van der Waals surface area (Å²) in [5.74, 6) is -0.0944. The van der Waals surface area contributed by atoms with Gasteiger partial charge in [0.2, 0.25) is 0 Å². The number of aryl methyl sites for hydroxylation is 1. The van der Waals surface area contributed by atoms with E-state index in [4.69, 9.17) is 0 Å². The lowest BCUT2D eigenvalue weighted by Gasteiger charge is -2.05. The third-order valence-corrected chi connectivity index (χ3v) is 2.25. The monoisotopic (exact) mass is 214 g/mol. The molecule has 0 aliphatic heterocycles. The minimum absolute atomic E-state index is 0.0944. The topological polar surface area (TPSA) is 63.1 Å². The SMILES string of the molecule is Cc1cc(-c2nccc(C=O)c2O)ccn1. The maximum Gasteiger partial charge on any atom is 0.153 e. The van der Waals surface area contributed by atoms with Crippen LogP contribution in [0.5, 0.6) is 5.75 Å². The Morgan fingerprint density at radius 2 is 2.00 bits per heavy atom. The van der Waals surface area contributed by atoms with Crippen LogP contribution in [0.4, 0.5) is 0 Å². The minimum Gasteiger partial charge on any atom is -0.505 e. The number of carbonyl (C=O) groups is 1. The number of aromatic hydroxyl groups is 1. The van der Waals surface area contributed by atoms with Gasteiger partial charge in [0, 0.05) is 23.7 Å². The Labute approximate surface area is 92.6 Å². The smallest absolute Gasteiger partial charge is 0.153 e. The molecule has 2 heterocycles. The number of hydrogen-bond donors (Lipinski definition) is 1. The molecule has 0 unspecified atom stereocenters. The zero-order chi connectivity index (χ0) is 11.5. The summed E-state index contributed by atoms with van der Waals surface area (Å²) in [7, 11) is 0. The molecule has 4 heteroatoms. The number of pyridine rings is 2. The van der Waals surface area contributed by atoms with E-state index in [0.717, 1.165) is 11.3 Å². The zero-order valence-electron chi connectivity index (χ0n) is 8.71. The van der Waals surface area contributed by atoms with Gasteiger partial charge in [-0.3, -0.25) is 14.8 Å². The normalized spacial score (nSPS) is 10.1. The Balaban J connectivity index is 2.60. The molecule has 2 aromatic rings. The molecule has 0 spiro atoms. The van der Waals surface area contributed by atoms with Gasteiger partial charge < -0.3 is 5.11 Å². The van der Waals surface area contributed by atoms with E-state index in [1.54, 1.807) is 18.3 Å². The van der Waals surface area contributed by atoms with Crippen molar-refractivity contribution in [3.05, 3.63) is 41.9 Å². The average Bonchev–Trinajstić information content (AvgIpc) is 2.29. The predicted molar refractivity (Wildman–Crippen MR) is 59.3 cm³/mol. The summed E-state index contributed by atoms with van der Waals surface area (Å²) in [6.45, 7) is 1.85. The first-order valence-electron chi connectivity index (χ1n) is 4.78. The van der Waals surface area contributed by atoms with Gasteiger partial charge in [0.1, 0.15) is 5.69 Å². The highest BCUT2D eigenvalue weighted by Gasteiger charge is 2.09. The Hall–Kier alpha value is -2.23. The Morgan fingerprint density at radius 3 is 2.69 bits per heavy atom. The van der Waals surface area contributed by atoms with Gasteiger partial charge in [0.15, 0.2) is 12.0 Å². The number of rotatable bonds is 2.